The Bertz CT molecular complexity index is 504. The van der Waals surface area contributed by atoms with Crippen LogP contribution in [0, 0.1) is 0 Å². The predicted octanol–water partition coefficient (Wildman–Crippen LogP) is 3.99. The third kappa shape index (κ3) is 5.47. The number of ether oxygens (including phenoxy) is 1. The van der Waals surface area contributed by atoms with E-state index >= 15 is 0 Å². The lowest BCUT2D eigenvalue weighted by Gasteiger charge is -2.21. The van der Waals surface area contributed by atoms with Gasteiger partial charge in [0.2, 0.25) is 6.43 Å². The molecule has 1 atom stereocenters. The highest BCUT2D eigenvalue weighted by Crippen LogP contribution is 2.29. The van der Waals surface area contributed by atoms with Crippen molar-refractivity contribution in [2.75, 3.05) is 11.9 Å². The van der Waals surface area contributed by atoms with Gasteiger partial charge in [0, 0.05) is 6.54 Å². The van der Waals surface area contributed by atoms with Crippen LogP contribution in [0.4, 0.5) is 19.3 Å². The molecule has 0 heterocycles. The fourth-order valence-corrected chi connectivity index (χ4v) is 1.83. The molecule has 1 rings (SSSR count). The van der Waals surface area contributed by atoms with Crippen LogP contribution in [0.3, 0.4) is 0 Å². The Morgan fingerprint density at radius 2 is 2.05 bits per heavy atom. The molecule has 118 valence electrons. The summed E-state index contributed by atoms with van der Waals surface area (Å²) < 4.78 is 30.8. The number of hydrogen-bond acceptors (Lipinski definition) is 3. The minimum absolute atomic E-state index is 0.203. The quantitative estimate of drug-likeness (QED) is 0.881. The van der Waals surface area contributed by atoms with Crippen molar-refractivity contribution in [3.63, 3.8) is 0 Å². The molecule has 3 N–H and O–H groups in total. The molecule has 0 aliphatic rings. The molecule has 0 fully saturated rings. The maximum absolute atomic E-state index is 12.9. The van der Waals surface area contributed by atoms with E-state index in [1.807, 2.05) is 0 Å². The van der Waals surface area contributed by atoms with Gasteiger partial charge in [-0.2, -0.15) is 0 Å². The van der Waals surface area contributed by atoms with Crippen LogP contribution in [0.25, 0.3) is 0 Å². The highest BCUT2D eigenvalue weighted by molar-refractivity contribution is 6.33. The number of anilines is 1. The normalized spacial score (nSPS) is 13.1. The van der Waals surface area contributed by atoms with E-state index in [0.29, 0.717) is 5.56 Å². The number of carbonyl (C=O) groups excluding carboxylic acids is 1. The Kier molecular flexibility index (Phi) is 5.92. The van der Waals surface area contributed by atoms with Gasteiger partial charge in [-0.05, 0) is 38.5 Å². The lowest BCUT2D eigenvalue weighted by atomic mass is 9.99. The molecule has 1 aromatic rings. The smallest absolute Gasteiger partial charge is 0.412 e. The molecule has 0 bridgehead atoms. The van der Waals surface area contributed by atoms with Crippen LogP contribution in [0.5, 0.6) is 0 Å². The number of hydrogen-bond donors (Lipinski definition) is 2. The fourth-order valence-electron chi connectivity index (χ4n) is 1.67. The number of nitrogens with two attached hydrogens (primary N) is 1. The van der Waals surface area contributed by atoms with Gasteiger partial charge < -0.3 is 10.5 Å². The van der Waals surface area contributed by atoms with E-state index in [-0.39, 0.29) is 17.3 Å². The third-order valence-corrected chi connectivity index (χ3v) is 2.94. The van der Waals surface area contributed by atoms with Crippen molar-refractivity contribution in [3.8, 4) is 0 Å². The minimum Gasteiger partial charge on any atom is -0.444 e. The SMILES string of the molecule is CC(C)(C)OC(=O)Nc1cc(C(CN)C(F)F)ccc1Cl. The third-order valence-electron chi connectivity index (χ3n) is 2.61. The van der Waals surface area contributed by atoms with Gasteiger partial charge in [0.05, 0.1) is 16.6 Å². The molecule has 0 aliphatic carbocycles. The van der Waals surface area contributed by atoms with Gasteiger partial charge in [-0.1, -0.05) is 17.7 Å². The van der Waals surface area contributed by atoms with Gasteiger partial charge in [0.1, 0.15) is 5.60 Å². The van der Waals surface area contributed by atoms with Crippen molar-refractivity contribution >= 4 is 23.4 Å². The molecule has 0 saturated heterocycles. The summed E-state index contributed by atoms with van der Waals surface area (Å²) in [6, 6.07) is 4.29. The molecule has 0 radical (unpaired) electrons. The van der Waals surface area contributed by atoms with Gasteiger partial charge in [-0.25, -0.2) is 13.6 Å². The monoisotopic (exact) mass is 320 g/mol. The highest BCUT2D eigenvalue weighted by Gasteiger charge is 2.22. The molecule has 1 amide bonds. The van der Waals surface area contributed by atoms with Gasteiger partial charge >= 0.3 is 6.09 Å². The molecule has 0 aliphatic heterocycles. The molecule has 1 aromatic carbocycles. The fraction of sp³-hybridized carbons (Fsp3) is 0.500. The number of halogens is 3. The minimum atomic E-state index is -2.59. The Hall–Kier alpha value is -1.40. The van der Waals surface area contributed by atoms with Gasteiger partial charge in [-0.15, -0.1) is 0 Å². The molecular formula is C14H19ClF2N2O2. The molecule has 21 heavy (non-hydrogen) atoms. The highest BCUT2D eigenvalue weighted by atomic mass is 35.5. The lowest BCUT2D eigenvalue weighted by Crippen LogP contribution is -2.27. The summed E-state index contributed by atoms with van der Waals surface area (Å²) in [5.74, 6) is -1.11. The summed E-state index contributed by atoms with van der Waals surface area (Å²) in [6.45, 7) is 4.94. The first-order chi connectivity index (χ1) is 9.64. The van der Waals surface area contributed by atoms with Crippen LogP contribution in [0.1, 0.15) is 32.3 Å². The zero-order valence-electron chi connectivity index (χ0n) is 12.1. The van der Waals surface area contributed by atoms with Crippen molar-refractivity contribution in [2.45, 2.75) is 38.7 Å². The second-order valence-electron chi connectivity index (χ2n) is 5.54. The number of alkyl halides is 2. The van der Waals surface area contributed by atoms with Crippen LogP contribution in [0.2, 0.25) is 5.02 Å². The van der Waals surface area contributed by atoms with E-state index in [4.69, 9.17) is 22.1 Å². The molecular weight excluding hydrogens is 302 g/mol. The molecule has 0 saturated carbocycles. The maximum atomic E-state index is 12.9. The topological polar surface area (TPSA) is 64.3 Å². The van der Waals surface area contributed by atoms with E-state index in [2.05, 4.69) is 5.32 Å². The van der Waals surface area contributed by atoms with Crippen molar-refractivity contribution in [1.29, 1.82) is 0 Å². The van der Waals surface area contributed by atoms with E-state index in [0.717, 1.165) is 0 Å². The lowest BCUT2D eigenvalue weighted by molar-refractivity contribution is 0.0636. The number of rotatable bonds is 4. The average Bonchev–Trinajstić information content (AvgIpc) is 2.31. The Balaban J connectivity index is 2.95. The summed E-state index contributed by atoms with van der Waals surface area (Å²) >= 11 is 5.95. The first-order valence-electron chi connectivity index (χ1n) is 6.41. The molecule has 0 aromatic heterocycles. The van der Waals surface area contributed by atoms with Crippen LogP contribution < -0.4 is 11.1 Å². The summed E-state index contributed by atoms with van der Waals surface area (Å²) in [6.07, 6.45) is -3.30. The van der Waals surface area contributed by atoms with E-state index < -0.39 is 24.0 Å². The van der Waals surface area contributed by atoms with Crippen LogP contribution >= 0.6 is 11.6 Å². The molecule has 0 spiro atoms. The number of nitrogens with one attached hydrogen (secondary N) is 1. The van der Waals surface area contributed by atoms with Crippen LogP contribution in [-0.2, 0) is 4.74 Å². The zero-order valence-corrected chi connectivity index (χ0v) is 12.9. The van der Waals surface area contributed by atoms with E-state index in [1.54, 1.807) is 20.8 Å². The van der Waals surface area contributed by atoms with Crippen molar-refractivity contribution in [1.82, 2.24) is 0 Å². The van der Waals surface area contributed by atoms with Crippen LogP contribution in [-0.4, -0.2) is 24.7 Å². The van der Waals surface area contributed by atoms with Crippen LogP contribution in [0.15, 0.2) is 18.2 Å². The van der Waals surface area contributed by atoms with Gasteiger partial charge in [0.15, 0.2) is 0 Å². The van der Waals surface area contributed by atoms with Crippen molar-refractivity contribution in [2.24, 2.45) is 5.73 Å². The Labute approximate surface area is 127 Å². The second kappa shape index (κ2) is 7.04. The van der Waals surface area contributed by atoms with Crippen molar-refractivity contribution < 1.29 is 18.3 Å². The van der Waals surface area contributed by atoms with E-state index in [1.165, 1.54) is 18.2 Å². The summed E-state index contributed by atoms with van der Waals surface area (Å²) in [4.78, 5) is 11.7. The van der Waals surface area contributed by atoms with Gasteiger partial charge in [-0.3, -0.25) is 5.32 Å². The summed E-state index contributed by atoms with van der Waals surface area (Å²) in [5.41, 5.74) is 5.20. The molecule has 7 heteroatoms. The maximum Gasteiger partial charge on any atom is 0.412 e. The first kappa shape index (κ1) is 17.7. The standard InChI is InChI=1S/C14H19ClF2N2O2/c1-14(2,3)21-13(20)19-11-6-8(4-5-10(11)15)9(7-18)12(16)17/h4-6,9,12H,7,18H2,1-3H3,(H,19,20). The number of amides is 1. The number of benzene rings is 1. The predicted molar refractivity (Wildman–Crippen MR) is 79.1 cm³/mol. The summed E-state index contributed by atoms with van der Waals surface area (Å²) in [5, 5.41) is 2.68. The molecule has 4 nitrogen and oxygen atoms in total. The number of carbonyl (C=O) groups is 1. The Morgan fingerprint density at radius 3 is 2.52 bits per heavy atom. The second-order valence-corrected chi connectivity index (χ2v) is 5.95. The molecule has 1 unspecified atom stereocenters. The summed E-state index contributed by atoms with van der Waals surface area (Å²) in [7, 11) is 0. The van der Waals surface area contributed by atoms with E-state index in [9.17, 15) is 13.6 Å². The average molecular weight is 321 g/mol. The largest absolute Gasteiger partial charge is 0.444 e. The Morgan fingerprint density at radius 1 is 1.43 bits per heavy atom. The van der Waals surface area contributed by atoms with Crippen molar-refractivity contribution in [3.05, 3.63) is 28.8 Å². The first-order valence-corrected chi connectivity index (χ1v) is 6.79. The zero-order chi connectivity index (χ0) is 16.2. The van der Waals surface area contributed by atoms with Gasteiger partial charge in [0.25, 0.3) is 0 Å².